The van der Waals surface area contributed by atoms with Gasteiger partial charge in [0.15, 0.2) is 0 Å². The van der Waals surface area contributed by atoms with Crippen LogP contribution in [0.4, 0.5) is 13.2 Å². The van der Waals surface area contributed by atoms with Crippen LogP contribution in [0.2, 0.25) is 0 Å². The molecule has 10 heteroatoms. The first-order valence-corrected chi connectivity index (χ1v) is 10.7. The van der Waals surface area contributed by atoms with E-state index in [2.05, 4.69) is 57.4 Å². The van der Waals surface area contributed by atoms with Gasteiger partial charge < -0.3 is 19.8 Å². The molecule has 1 atom stereocenters. The minimum Gasteiger partial charge on any atom is -0.493 e. The number of aromatic nitrogens is 4. The van der Waals surface area contributed by atoms with Gasteiger partial charge in [-0.25, -0.2) is 14.8 Å². The molecule has 178 valence electrons. The number of carbonyl (C=O) groups is 1. The predicted molar refractivity (Wildman–Crippen MR) is 123 cm³/mol. The Morgan fingerprint density at radius 3 is 2.71 bits per heavy atom. The Balaban J connectivity index is 0.000000320. The number of hydrogen-bond acceptors (Lipinski definition) is 4. The first kappa shape index (κ1) is 22.5. The summed E-state index contributed by atoms with van der Waals surface area (Å²) < 4.78 is 37.7. The molecule has 0 saturated heterocycles. The molecule has 1 unspecified atom stereocenters. The minimum atomic E-state index is -5.08. The van der Waals surface area contributed by atoms with E-state index < -0.39 is 12.1 Å². The molecule has 0 spiro atoms. The van der Waals surface area contributed by atoms with Crippen molar-refractivity contribution < 1.29 is 27.8 Å². The number of rotatable bonds is 2. The third kappa shape index (κ3) is 4.54. The molecule has 0 aliphatic carbocycles. The van der Waals surface area contributed by atoms with Gasteiger partial charge in [0, 0.05) is 17.8 Å². The number of hydrogen-bond donors (Lipinski definition) is 3. The Kier molecular flexibility index (Phi) is 5.64. The number of para-hydroxylation sites is 1. The third-order valence-corrected chi connectivity index (χ3v) is 5.78. The average Bonchev–Trinajstić information content (AvgIpc) is 3.50. The summed E-state index contributed by atoms with van der Waals surface area (Å²) in [5.41, 5.74) is 6.50. The van der Waals surface area contributed by atoms with Gasteiger partial charge in [0.25, 0.3) is 0 Å². The van der Waals surface area contributed by atoms with Crippen LogP contribution in [0.1, 0.15) is 17.3 Å². The number of nitrogens with one attached hydrogen (secondary N) is 2. The topological polar surface area (TPSA) is 104 Å². The molecular weight excluding hydrogens is 461 g/mol. The molecule has 6 rings (SSSR count). The fourth-order valence-electron chi connectivity index (χ4n) is 4.11. The van der Waals surface area contributed by atoms with Gasteiger partial charge >= 0.3 is 12.1 Å². The van der Waals surface area contributed by atoms with E-state index in [1.54, 1.807) is 0 Å². The van der Waals surface area contributed by atoms with Gasteiger partial charge in [0.2, 0.25) is 0 Å². The summed E-state index contributed by atoms with van der Waals surface area (Å²) in [6.45, 7) is 0.651. The van der Waals surface area contributed by atoms with Crippen LogP contribution in [-0.4, -0.2) is 43.8 Å². The quantitative estimate of drug-likeness (QED) is 0.311. The lowest BCUT2D eigenvalue weighted by atomic mass is 9.96. The predicted octanol–water partition coefficient (Wildman–Crippen LogP) is 5.46. The van der Waals surface area contributed by atoms with E-state index in [0.717, 1.165) is 45.6 Å². The summed E-state index contributed by atoms with van der Waals surface area (Å²) in [5.74, 6) is -0.538. The van der Waals surface area contributed by atoms with Crippen molar-refractivity contribution in [3.8, 4) is 16.9 Å². The normalized spacial score (nSPS) is 15.2. The molecule has 7 nitrogen and oxygen atoms in total. The maximum absolute atomic E-state index is 10.6. The molecule has 1 aliphatic heterocycles. The zero-order valence-electron chi connectivity index (χ0n) is 18.1. The Hall–Kier alpha value is -4.34. The zero-order valence-corrected chi connectivity index (χ0v) is 18.1. The van der Waals surface area contributed by atoms with Crippen molar-refractivity contribution in [1.29, 1.82) is 0 Å². The summed E-state index contributed by atoms with van der Waals surface area (Å²) in [5, 5.41) is 8.25. The van der Waals surface area contributed by atoms with E-state index in [1.165, 1.54) is 11.1 Å². The van der Waals surface area contributed by atoms with E-state index in [-0.39, 0.29) is 5.92 Å². The van der Waals surface area contributed by atoms with Crippen molar-refractivity contribution in [3.63, 3.8) is 0 Å². The van der Waals surface area contributed by atoms with Crippen molar-refractivity contribution >= 4 is 28.0 Å². The summed E-state index contributed by atoms with van der Waals surface area (Å²) >= 11 is 0. The van der Waals surface area contributed by atoms with Gasteiger partial charge in [0.05, 0.1) is 23.6 Å². The van der Waals surface area contributed by atoms with Crippen LogP contribution in [0, 0.1) is 0 Å². The number of nitrogens with zero attached hydrogens (tertiary/aromatic N) is 2. The molecule has 3 aromatic heterocycles. The van der Waals surface area contributed by atoms with Crippen molar-refractivity contribution in [3.05, 3.63) is 78.4 Å². The highest BCUT2D eigenvalue weighted by Gasteiger charge is 2.38. The average molecular weight is 480 g/mol. The lowest BCUT2D eigenvalue weighted by Gasteiger charge is -2.23. The maximum Gasteiger partial charge on any atom is 0.490 e. The Bertz CT molecular complexity index is 1520. The van der Waals surface area contributed by atoms with Gasteiger partial charge in [-0.1, -0.05) is 24.3 Å². The molecule has 1 aliphatic rings. The second kappa shape index (κ2) is 8.79. The van der Waals surface area contributed by atoms with E-state index >= 15 is 0 Å². The number of fused-ring (bicyclic) bond motifs is 3. The summed E-state index contributed by atoms with van der Waals surface area (Å²) in [7, 11) is 0. The largest absolute Gasteiger partial charge is 0.493 e. The van der Waals surface area contributed by atoms with Gasteiger partial charge in [-0.2, -0.15) is 13.2 Å². The van der Waals surface area contributed by atoms with E-state index in [1.807, 2.05) is 24.5 Å². The number of carboxylic acid groups (broad SMARTS) is 1. The van der Waals surface area contributed by atoms with Gasteiger partial charge in [-0.05, 0) is 53.4 Å². The van der Waals surface area contributed by atoms with Gasteiger partial charge in [-0.15, -0.1) is 0 Å². The highest BCUT2D eigenvalue weighted by atomic mass is 19.4. The smallest absolute Gasteiger partial charge is 0.490 e. The molecule has 2 aromatic carbocycles. The van der Waals surface area contributed by atoms with E-state index in [0.29, 0.717) is 6.61 Å². The van der Waals surface area contributed by atoms with Crippen LogP contribution < -0.4 is 4.74 Å². The van der Waals surface area contributed by atoms with Crippen molar-refractivity contribution in [2.24, 2.45) is 0 Å². The molecule has 0 amide bonds. The molecule has 35 heavy (non-hydrogen) atoms. The number of imidazole rings is 1. The van der Waals surface area contributed by atoms with Crippen molar-refractivity contribution in [2.45, 2.75) is 18.5 Å². The summed E-state index contributed by atoms with van der Waals surface area (Å²) in [6.07, 6.45) is -0.375. The second-order valence-electron chi connectivity index (χ2n) is 8.08. The fraction of sp³-hybridized carbons (Fsp3) is 0.160. The van der Waals surface area contributed by atoms with Crippen LogP contribution in [-0.2, 0) is 11.2 Å². The molecule has 0 radical (unpaired) electrons. The van der Waals surface area contributed by atoms with Crippen LogP contribution in [0.3, 0.4) is 0 Å². The SMILES string of the molecule is O=C(O)C(F)(F)F.c1ccc2c(c1)CC(c1nc3ccc(-c4ccnc5[nH]ccc45)cc3[nH]1)CO2. The maximum atomic E-state index is 10.6. The lowest BCUT2D eigenvalue weighted by molar-refractivity contribution is -0.192. The first-order valence-electron chi connectivity index (χ1n) is 10.7. The Morgan fingerprint density at radius 2 is 1.91 bits per heavy atom. The number of aliphatic carboxylic acids is 1. The summed E-state index contributed by atoms with van der Waals surface area (Å²) in [6, 6.07) is 18.8. The lowest BCUT2D eigenvalue weighted by Crippen LogP contribution is -2.21. The number of aromatic amines is 2. The number of ether oxygens (including phenoxy) is 1. The highest BCUT2D eigenvalue weighted by Crippen LogP contribution is 2.33. The number of pyridine rings is 1. The number of carboxylic acids is 1. The van der Waals surface area contributed by atoms with Crippen LogP contribution >= 0.6 is 0 Å². The van der Waals surface area contributed by atoms with Gasteiger partial charge in [0.1, 0.15) is 17.2 Å². The van der Waals surface area contributed by atoms with Crippen molar-refractivity contribution in [2.75, 3.05) is 6.61 Å². The minimum absolute atomic E-state index is 0.239. The van der Waals surface area contributed by atoms with Gasteiger partial charge in [-0.3, -0.25) is 0 Å². The number of benzene rings is 2. The Labute approximate surface area is 196 Å². The molecule has 0 fully saturated rings. The molecule has 4 heterocycles. The molecule has 0 saturated carbocycles. The molecule has 3 N–H and O–H groups in total. The second-order valence-corrected chi connectivity index (χ2v) is 8.08. The van der Waals surface area contributed by atoms with Crippen LogP contribution in [0.5, 0.6) is 5.75 Å². The Morgan fingerprint density at radius 1 is 1.11 bits per heavy atom. The van der Waals surface area contributed by atoms with E-state index in [4.69, 9.17) is 19.6 Å². The van der Waals surface area contributed by atoms with Crippen LogP contribution in [0.25, 0.3) is 33.2 Å². The zero-order chi connectivity index (χ0) is 24.6. The fourth-order valence-corrected chi connectivity index (χ4v) is 4.11. The molecule has 5 aromatic rings. The van der Waals surface area contributed by atoms with E-state index in [9.17, 15) is 13.2 Å². The number of alkyl halides is 3. The summed E-state index contributed by atoms with van der Waals surface area (Å²) in [4.78, 5) is 24.8. The van der Waals surface area contributed by atoms with Crippen LogP contribution in [0.15, 0.2) is 67.0 Å². The molecule has 0 bridgehead atoms. The third-order valence-electron chi connectivity index (χ3n) is 5.78. The van der Waals surface area contributed by atoms with Crippen molar-refractivity contribution in [1.82, 2.24) is 19.9 Å². The molecular formula is C25H19F3N4O3. The number of halogens is 3. The standard InChI is InChI=1S/C23H18N4O.C2HF3O2/c1-2-4-21-15(3-1)11-16(13-28-21)22-26-19-6-5-14(12-20(19)27-22)17-7-9-24-23-18(17)8-10-25-23;3-2(4,5)1(6)7/h1-10,12,16H,11,13H2,(H,24,25)(H,26,27);(H,6,7). The first-order chi connectivity index (χ1) is 16.8. The monoisotopic (exact) mass is 480 g/mol. The number of H-pyrrole nitrogens is 2. The highest BCUT2D eigenvalue weighted by molar-refractivity contribution is 5.95.